The molecule has 1 aromatic rings. The number of halogens is 1. The summed E-state index contributed by atoms with van der Waals surface area (Å²) in [6.45, 7) is 4.39. The van der Waals surface area contributed by atoms with Gasteiger partial charge in [0.1, 0.15) is 0 Å². The SMILES string of the molecule is CCc1ccsc1C(=O)N1CCOC(CN)C1.Cl. The zero-order valence-electron chi connectivity index (χ0n) is 10.4. The molecule has 1 atom stereocenters. The van der Waals surface area contributed by atoms with Gasteiger partial charge in [-0.3, -0.25) is 4.79 Å². The fourth-order valence-electron chi connectivity index (χ4n) is 1.99. The van der Waals surface area contributed by atoms with Crippen LogP contribution in [0.5, 0.6) is 0 Å². The molecule has 0 radical (unpaired) electrons. The molecule has 18 heavy (non-hydrogen) atoms. The number of morpholine rings is 1. The molecule has 2 N–H and O–H groups in total. The van der Waals surface area contributed by atoms with Crippen molar-refractivity contribution in [2.45, 2.75) is 19.4 Å². The predicted octanol–water partition coefficient (Wildman–Crippen LogP) is 1.53. The molecule has 1 aliphatic rings. The van der Waals surface area contributed by atoms with Crippen molar-refractivity contribution >= 4 is 29.7 Å². The molecule has 1 saturated heterocycles. The smallest absolute Gasteiger partial charge is 0.264 e. The molecular formula is C12H19ClN2O2S. The van der Waals surface area contributed by atoms with Crippen molar-refractivity contribution in [1.82, 2.24) is 4.90 Å². The number of hydrogen-bond donors (Lipinski definition) is 1. The number of amides is 1. The molecule has 1 unspecified atom stereocenters. The molecule has 0 aliphatic carbocycles. The third-order valence-electron chi connectivity index (χ3n) is 3.01. The van der Waals surface area contributed by atoms with Crippen LogP contribution in [0.1, 0.15) is 22.2 Å². The molecule has 0 bridgehead atoms. The van der Waals surface area contributed by atoms with Crippen LogP contribution in [0, 0.1) is 0 Å². The summed E-state index contributed by atoms with van der Waals surface area (Å²) in [5.41, 5.74) is 6.72. The summed E-state index contributed by atoms with van der Waals surface area (Å²) in [5, 5.41) is 1.98. The zero-order valence-corrected chi connectivity index (χ0v) is 12.1. The van der Waals surface area contributed by atoms with E-state index >= 15 is 0 Å². The van der Waals surface area contributed by atoms with E-state index in [9.17, 15) is 4.79 Å². The quantitative estimate of drug-likeness (QED) is 0.918. The molecule has 1 fully saturated rings. The Morgan fingerprint density at radius 3 is 3.11 bits per heavy atom. The summed E-state index contributed by atoms with van der Waals surface area (Å²) in [6.07, 6.45) is 0.882. The van der Waals surface area contributed by atoms with E-state index in [1.165, 1.54) is 11.3 Å². The number of ether oxygens (including phenoxy) is 1. The maximum Gasteiger partial charge on any atom is 0.264 e. The summed E-state index contributed by atoms with van der Waals surface area (Å²) in [5.74, 6) is 0.124. The highest BCUT2D eigenvalue weighted by Crippen LogP contribution is 2.20. The maximum absolute atomic E-state index is 12.3. The van der Waals surface area contributed by atoms with E-state index in [2.05, 4.69) is 6.92 Å². The first kappa shape index (κ1) is 15.4. The highest BCUT2D eigenvalue weighted by atomic mass is 35.5. The number of hydrogen-bond acceptors (Lipinski definition) is 4. The Hall–Kier alpha value is -0.620. The van der Waals surface area contributed by atoms with Gasteiger partial charge in [-0.2, -0.15) is 0 Å². The second kappa shape index (κ2) is 7.09. The highest BCUT2D eigenvalue weighted by Gasteiger charge is 2.25. The number of aryl methyl sites for hydroxylation is 1. The first-order valence-corrected chi connectivity index (χ1v) is 6.81. The van der Waals surface area contributed by atoms with Crippen molar-refractivity contribution < 1.29 is 9.53 Å². The molecular weight excluding hydrogens is 272 g/mol. The standard InChI is InChI=1S/C12H18N2O2S.ClH/c1-2-9-3-6-17-11(9)12(15)14-4-5-16-10(7-13)8-14;/h3,6,10H,2,4-5,7-8,13H2,1H3;1H. The van der Waals surface area contributed by atoms with Crippen molar-refractivity contribution in [1.29, 1.82) is 0 Å². The van der Waals surface area contributed by atoms with Gasteiger partial charge in [-0.05, 0) is 23.4 Å². The van der Waals surface area contributed by atoms with E-state index in [1.54, 1.807) is 0 Å². The lowest BCUT2D eigenvalue weighted by atomic mass is 10.2. The van der Waals surface area contributed by atoms with Gasteiger partial charge in [-0.25, -0.2) is 0 Å². The summed E-state index contributed by atoms with van der Waals surface area (Å²) in [6, 6.07) is 2.03. The van der Waals surface area contributed by atoms with Crippen LogP contribution in [-0.4, -0.2) is 43.2 Å². The molecule has 2 rings (SSSR count). The second-order valence-corrected chi connectivity index (χ2v) is 5.02. The lowest BCUT2D eigenvalue weighted by molar-refractivity contribution is -0.0166. The number of thiophene rings is 1. The molecule has 2 heterocycles. The first-order chi connectivity index (χ1) is 8.26. The van der Waals surface area contributed by atoms with E-state index < -0.39 is 0 Å². The van der Waals surface area contributed by atoms with Crippen molar-refractivity contribution in [2.75, 3.05) is 26.2 Å². The van der Waals surface area contributed by atoms with E-state index in [0.29, 0.717) is 26.2 Å². The van der Waals surface area contributed by atoms with Gasteiger partial charge < -0.3 is 15.4 Å². The van der Waals surface area contributed by atoms with Crippen LogP contribution in [0.3, 0.4) is 0 Å². The minimum atomic E-state index is -0.0160. The normalized spacial score (nSPS) is 19.4. The van der Waals surface area contributed by atoms with Crippen LogP contribution >= 0.6 is 23.7 Å². The average Bonchev–Trinajstić information content (AvgIpc) is 2.86. The minimum Gasteiger partial charge on any atom is -0.373 e. The Morgan fingerprint density at radius 1 is 1.67 bits per heavy atom. The van der Waals surface area contributed by atoms with Crippen molar-refractivity contribution in [2.24, 2.45) is 5.73 Å². The second-order valence-electron chi connectivity index (χ2n) is 4.11. The highest BCUT2D eigenvalue weighted by molar-refractivity contribution is 7.12. The monoisotopic (exact) mass is 290 g/mol. The van der Waals surface area contributed by atoms with Crippen LogP contribution in [-0.2, 0) is 11.2 Å². The topological polar surface area (TPSA) is 55.6 Å². The zero-order chi connectivity index (χ0) is 12.3. The number of carbonyl (C=O) groups is 1. The van der Waals surface area contributed by atoms with Crippen molar-refractivity contribution in [3.8, 4) is 0 Å². The molecule has 0 aromatic carbocycles. The van der Waals surface area contributed by atoms with E-state index in [4.69, 9.17) is 10.5 Å². The van der Waals surface area contributed by atoms with Gasteiger partial charge in [0.05, 0.1) is 17.6 Å². The van der Waals surface area contributed by atoms with Gasteiger partial charge in [-0.1, -0.05) is 6.92 Å². The van der Waals surface area contributed by atoms with E-state index in [1.807, 2.05) is 16.3 Å². The van der Waals surface area contributed by atoms with Crippen molar-refractivity contribution in [3.63, 3.8) is 0 Å². The van der Waals surface area contributed by atoms with Gasteiger partial charge in [-0.15, -0.1) is 23.7 Å². The minimum absolute atomic E-state index is 0. The van der Waals surface area contributed by atoms with Crippen LogP contribution < -0.4 is 5.73 Å². The predicted molar refractivity (Wildman–Crippen MR) is 75.6 cm³/mol. The molecule has 0 saturated carbocycles. The largest absolute Gasteiger partial charge is 0.373 e. The Morgan fingerprint density at radius 2 is 2.44 bits per heavy atom. The lowest BCUT2D eigenvalue weighted by Gasteiger charge is -2.32. The molecule has 1 aliphatic heterocycles. The fourth-order valence-corrected chi connectivity index (χ4v) is 2.95. The molecule has 6 heteroatoms. The third kappa shape index (κ3) is 3.23. The Bertz CT molecular complexity index is 397. The molecule has 1 aromatic heterocycles. The summed E-state index contributed by atoms with van der Waals surface area (Å²) in [4.78, 5) is 15.1. The first-order valence-electron chi connectivity index (χ1n) is 5.93. The number of nitrogens with two attached hydrogens (primary N) is 1. The van der Waals surface area contributed by atoms with E-state index in [0.717, 1.165) is 16.9 Å². The van der Waals surface area contributed by atoms with Gasteiger partial charge in [0.2, 0.25) is 0 Å². The van der Waals surface area contributed by atoms with Gasteiger partial charge in [0.15, 0.2) is 0 Å². The van der Waals surface area contributed by atoms with Crippen molar-refractivity contribution in [3.05, 3.63) is 21.9 Å². The van der Waals surface area contributed by atoms with Crippen LogP contribution in [0.4, 0.5) is 0 Å². The van der Waals surface area contributed by atoms with Crippen LogP contribution in [0.25, 0.3) is 0 Å². The van der Waals surface area contributed by atoms with Gasteiger partial charge in [0, 0.05) is 19.6 Å². The fraction of sp³-hybridized carbons (Fsp3) is 0.583. The molecule has 1 amide bonds. The van der Waals surface area contributed by atoms with Crippen LogP contribution in [0.2, 0.25) is 0 Å². The number of nitrogens with zero attached hydrogens (tertiary/aromatic N) is 1. The Labute approximate surface area is 118 Å². The molecule has 102 valence electrons. The number of carbonyl (C=O) groups excluding carboxylic acids is 1. The van der Waals surface area contributed by atoms with Gasteiger partial charge >= 0.3 is 0 Å². The van der Waals surface area contributed by atoms with Gasteiger partial charge in [0.25, 0.3) is 5.91 Å². The molecule has 4 nitrogen and oxygen atoms in total. The molecule has 0 spiro atoms. The van der Waals surface area contributed by atoms with E-state index in [-0.39, 0.29) is 24.4 Å². The lowest BCUT2D eigenvalue weighted by Crippen LogP contribution is -2.48. The summed E-state index contributed by atoms with van der Waals surface area (Å²) < 4.78 is 5.47. The summed E-state index contributed by atoms with van der Waals surface area (Å²) >= 11 is 1.52. The Kier molecular flexibility index (Phi) is 6.08. The average molecular weight is 291 g/mol. The number of rotatable bonds is 3. The summed E-state index contributed by atoms with van der Waals surface area (Å²) in [7, 11) is 0. The third-order valence-corrected chi connectivity index (χ3v) is 3.96. The van der Waals surface area contributed by atoms with Crippen LogP contribution in [0.15, 0.2) is 11.4 Å². The maximum atomic E-state index is 12.3. The Balaban J connectivity index is 0.00000162.